The van der Waals surface area contributed by atoms with Crippen LogP contribution in [0, 0.1) is 5.95 Å². The van der Waals surface area contributed by atoms with Crippen molar-refractivity contribution in [1.82, 2.24) is 4.98 Å². The molecule has 0 aromatic carbocycles. The minimum absolute atomic E-state index is 0.221. The molecule has 0 spiro atoms. The van der Waals surface area contributed by atoms with Gasteiger partial charge in [-0.2, -0.15) is 4.39 Å². The van der Waals surface area contributed by atoms with Gasteiger partial charge in [-0.15, -0.1) is 0 Å². The fraction of sp³-hybridized carbons (Fsp3) is 0.545. The molecule has 0 saturated heterocycles. The Balaban J connectivity index is 2.43. The van der Waals surface area contributed by atoms with Gasteiger partial charge in [0.2, 0.25) is 5.95 Å². The number of likely N-dealkylation sites (N-methyl/N-ethyl adjacent to an activating group) is 1. The van der Waals surface area contributed by atoms with E-state index in [-0.39, 0.29) is 6.10 Å². The van der Waals surface area contributed by atoms with Crippen LogP contribution in [0.1, 0.15) is 13.8 Å². The lowest BCUT2D eigenvalue weighted by Gasteiger charge is -2.18. The molecule has 0 aliphatic rings. The van der Waals surface area contributed by atoms with Crippen molar-refractivity contribution in [2.45, 2.75) is 20.0 Å². The molecule has 15 heavy (non-hydrogen) atoms. The average molecular weight is 212 g/mol. The van der Waals surface area contributed by atoms with Crippen molar-refractivity contribution in [3.63, 3.8) is 0 Å². The molecule has 0 unspecified atom stereocenters. The van der Waals surface area contributed by atoms with Crippen LogP contribution in [0.4, 0.5) is 10.2 Å². The van der Waals surface area contributed by atoms with Crippen molar-refractivity contribution in [2.75, 3.05) is 25.1 Å². The third kappa shape index (κ3) is 4.25. The van der Waals surface area contributed by atoms with Gasteiger partial charge >= 0.3 is 0 Å². The maximum atomic E-state index is 12.8. The van der Waals surface area contributed by atoms with Gasteiger partial charge in [0.05, 0.1) is 12.7 Å². The number of pyridine rings is 1. The Morgan fingerprint density at radius 3 is 2.80 bits per heavy atom. The van der Waals surface area contributed by atoms with E-state index < -0.39 is 5.95 Å². The molecule has 3 nitrogen and oxygen atoms in total. The normalized spacial score (nSPS) is 10.7. The zero-order valence-corrected chi connectivity index (χ0v) is 9.40. The minimum atomic E-state index is -0.455. The standard InChI is InChI=1S/C11H17FN2O/c1-9(2)15-8-7-14(3)11-6-4-5-10(12)13-11/h4-6,9H,7-8H2,1-3H3. The monoisotopic (exact) mass is 212 g/mol. The predicted octanol–water partition coefficient (Wildman–Crippen LogP) is 2.08. The van der Waals surface area contributed by atoms with Crippen LogP contribution in [0.5, 0.6) is 0 Å². The zero-order chi connectivity index (χ0) is 11.3. The molecule has 0 fully saturated rings. The van der Waals surface area contributed by atoms with Crippen LogP contribution in [0.3, 0.4) is 0 Å². The van der Waals surface area contributed by atoms with Gasteiger partial charge in [0.25, 0.3) is 0 Å². The van der Waals surface area contributed by atoms with Crippen molar-refractivity contribution in [1.29, 1.82) is 0 Å². The van der Waals surface area contributed by atoms with Crippen molar-refractivity contribution in [2.24, 2.45) is 0 Å². The Kier molecular flexibility index (Phi) is 4.49. The molecular weight excluding hydrogens is 195 g/mol. The Morgan fingerprint density at radius 1 is 1.47 bits per heavy atom. The highest BCUT2D eigenvalue weighted by Crippen LogP contribution is 2.08. The molecule has 0 saturated carbocycles. The lowest BCUT2D eigenvalue weighted by molar-refractivity contribution is 0.0845. The second-order valence-electron chi connectivity index (χ2n) is 3.66. The smallest absolute Gasteiger partial charge is 0.214 e. The molecule has 0 radical (unpaired) electrons. The molecule has 0 aliphatic carbocycles. The largest absolute Gasteiger partial charge is 0.377 e. The van der Waals surface area contributed by atoms with Crippen molar-refractivity contribution in [3.05, 3.63) is 24.1 Å². The second-order valence-corrected chi connectivity index (χ2v) is 3.66. The maximum Gasteiger partial charge on any atom is 0.214 e. The van der Waals surface area contributed by atoms with Gasteiger partial charge in [0, 0.05) is 13.6 Å². The van der Waals surface area contributed by atoms with E-state index in [4.69, 9.17) is 4.74 Å². The Bertz CT molecular complexity index is 304. The highest BCUT2D eigenvalue weighted by atomic mass is 19.1. The molecule has 84 valence electrons. The molecule has 0 atom stereocenters. The van der Waals surface area contributed by atoms with E-state index in [1.54, 1.807) is 12.1 Å². The summed E-state index contributed by atoms with van der Waals surface area (Å²) >= 11 is 0. The van der Waals surface area contributed by atoms with E-state index in [1.807, 2.05) is 25.8 Å². The van der Waals surface area contributed by atoms with E-state index in [9.17, 15) is 4.39 Å². The average Bonchev–Trinajstić information content (AvgIpc) is 2.17. The van der Waals surface area contributed by atoms with Crippen LogP contribution < -0.4 is 4.90 Å². The molecular formula is C11H17FN2O. The third-order valence-corrected chi connectivity index (χ3v) is 1.97. The maximum absolute atomic E-state index is 12.8. The van der Waals surface area contributed by atoms with E-state index in [2.05, 4.69) is 4.98 Å². The van der Waals surface area contributed by atoms with Crippen LogP contribution in [0.2, 0.25) is 0 Å². The number of rotatable bonds is 5. The molecule has 1 aromatic rings. The fourth-order valence-corrected chi connectivity index (χ4v) is 1.15. The van der Waals surface area contributed by atoms with Crippen LogP contribution in [-0.4, -0.2) is 31.3 Å². The lowest BCUT2D eigenvalue weighted by Crippen LogP contribution is -2.24. The van der Waals surface area contributed by atoms with Crippen LogP contribution in [0.15, 0.2) is 18.2 Å². The van der Waals surface area contributed by atoms with E-state index in [0.29, 0.717) is 19.0 Å². The first-order valence-corrected chi connectivity index (χ1v) is 5.05. The highest BCUT2D eigenvalue weighted by Gasteiger charge is 2.03. The third-order valence-electron chi connectivity index (χ3n) is 1.97. The van der Waals surface area contributed by atoms with Gasteiger partial charge < -0.3 is 9.64 Å². The molecule has 1 aromatic heterocycles. The molecule has 0 amide bonds. The van der Waals surface area contributed by atoms with Gasteiger partial charge in [-0.3, -0.25) is 0 Å². The topological polar surface area (TPSA) is 25.4 Å². The summed E-state index contributed by atoms with van der Waals surface area (Å²) in [6, 6.07) is 4.76. The molecule has 4 heteroatoms. The number of anilines is 1. The van der Waals surface area contributed by atoms with Crippen molar-refractivity contribution in [3.8, 4) is 0 Å². The van der Waals surface area contributed by atoms with E-state index >= 15 is 0 Å². The molecule has 1 heterocycles. The molecule has 1 rings (SSSR count). The quantitative estimate of drug-likeness (QED) is 0.699. The second kappa shape index (κ2) is 5.66. The molecule has 0 N–H and O–H groups in total. The first-order chi connectivity index (χ1) is 7.09. The van der Waals surface area contributed by atoms with Gasteiger partial charge in [-0.05, 0) is 26.0 Å². The number of ether oxygens (including phenoxy) is 1. The summed E-state index contributed by atoms with van der Waals surface area (Å²) in [5, 5.41) is 0. The first kappa shape index (κ1) is 11.9. The number of hydrogen-bond acceptors (Lipinski definition) is 3. The van der Waals surface area contributed by atoms with Gasteiger partial charge in [0.1, 0.15) is 5.82 Å². The predicted molar refractivity (Wildman–Crippen MR) is 58.6 cm³/mol. The summed E-state index contributed by atoms with van der Waals surface area (Å²) in [4.78, 5) is 5.64. The van der Waals surface area contributed by atoms with Gasteiger partial charge in [0.15, 0.2) is 0 Å². The molecule has 0 aliphatic heterocycles. The first-order valence-electron chi connectivity index (χ1n) is 5.05. The summed E-state index contributed by atoms with van der Waals surface area (Å²) in [7, 11) is 1.87. The number of aromatic nitrogens is 1. The summed E-state index contributed by atoms with van der Waals surface area (Å²) in [6.45, 7) is 5.29. The Morgan fingerprint density at radius 2 is 2.20 bits per heavy atom. The lowest BCUT2D eigenvalue weighted by atomic mass is 10.4. The van der Waals surface area contributed by atoms with Crippen LogP contribution >= 0.6 is 0 Å². The van der Waals surface area contributed by atoms with Crippen molar-refractivity contribution >= 4 is 5.82 Å². The highest BCUT2D eigenvalue weighted by molar-refractivity contribution is 5.36. The van der Waals surface area contributed by atoms with E-state index in [1.165, 1.54) is 6.07 Å². The molecule has 0 bridgehead atoms. The SMILES string of the molecule is CC(C)OCCN(C)c1cccc(F)n1. The summed E-state index contributed by atoms with van der Waals surface area (Å²) in [5.74, 6) is 0.173. The summed E-state index contributed by atoms with van der Waals surface area (Å²) < 4.78 is 18.2. The summed E-state index contributed by atoms with van der Waals surface area (Å²) in [6.07, 6.45) is 0.221. The van der Waals surface area contributed by atoms with Crippen LogP contribution in [-0.2, 0) is 4.74 Å². The number of halogens is 1. The Hall–Kier alpha value is -1.16. The van der Waals surface area contributed by atoms with E-state index in [0.717, 1.165) is 0 Å². The van der Waals surface area contributed by atoms with Crippen molar-refractivity contribution < 1.29 is 9.13 Å². The van der Waals surface area contributed by atoms with Gasteiger partial charge in [-0.25, -0.2) is 4.98 Å². The number of nitrogens with zero attached hydrogens (tertiary/aromatic N) is 2. The number of hydrogen-bond donors (Lipinski definition) is 0. The summed E-state index contributed by atoms with van der Waals surface area (Å²) in [5.41, 5.74) is 0. The fourth-order valence-electron chi connectivity index (χ4n) is 1.15. The minimum Gasteiger partial charge on any atom is -0.377 e. The van der Waals surface area contributed by atoms with Crippen LogP contribution in [0.25, 0.3) is 0 Å². The van der Waals surface area contributed by atoms with Gasteiger partial charge in [-0.1, -0.05) is 6.07 Å². The zero-order valence-electron chi connectivity index (χ0n) is 9.40. The Labute approximate surface area is 89.9 Å².